The van der Waals surface area contributed by atoms with Crippen LogP contribution in [0.3, 0.4) is 0 Å². The number of Topliss-reactive ketones (excluding diaryl/α,β-unsaturated/α-hetero) is 1. The summed E-state index contributed by atoms with van der Waals surface area (Å²) in [4.78, 5) is 21.9. The van der Waals surface area contributed by atoms with E-state index in [2.05, 4.69) is 5.32 Å². The highest BCUT2D eigenvalue weighted by Crippen LogP contribution is 2.04. The van der Waals surface area contributed by atoms with Crippen molar-refractivity contribution in [2.24, 2.45) is 0 Å². The van der Waals surface area contributed by atoms with E-state index in [-0.39, 0.29) is 11.6 Å². The number of carbonyl (C=O) groups excluding carboxylic acids is 2. The Kier molecular flexibility index (Phi) is 5.67. The van der Waals surface area contributed by atoms with E-state index in [9.17, 15) is 14.0 Å². The molecule has 0 saturated heterocycles. The Labute approximate surface area is 111 Å². The summed E-state index contributed by atoms with van der Waals surface area (Å²) in [5.41, 5.74) is 1.80. The van der Waals surface area contributed by atoms with Crippen LogP contribution < -0.4 is 5.32 Å². The first-order chi connectivity index (χ1) is 9.02. The van der Waals surface area contributed by atoms with E-state index in [1.165, 1.54) is 25.1 Å². The normalized spacial score (nSPS) is 12.2. The Bertz CT molecular complexity index is 515. The van der Waals surface area contributed by atoms with Gasteiger partial charge >= 0.3 is 0 Å². The highest BCUT2D eigenvalue weighted by Gasteiger charge is 2.00. The molecule has 100 valence electrons. The molecule has 0 heterocycles. The quantitative estimate of drug-likeness (QED) is 0.486. The van der Waals surface area contributed by atoms with Gasteiger partial charge in [-0.3, -0.25) is 9.59 Å². The monoisotopic (exact) mass is 261 g/mol. The van der Waals surface area contributed by atoms with Crippen LogP contribution in [-0.2, 0) is 16.1 Å². The second-order valence-electron chi connectivity index (χ2n) is 4.17. The van der Waals surface area contributed by atoms with Crippen molar-refractivity contribution >= 4 is 12.1 Å². The third-order valence-corrected chi connectivity index (χ3v) is 2.45. The minimum atomic E-state index is -0.284. The van der Waals surface area contributed by atoms with Gasteiger partial charge in [0.05, 0.1) is 0 Å². The highest BCUT2D eigenvalue weighted by molar-refractivity contribution is 5.97. The summed E-state index contributed by atoms with van der Waals surface area (Å²) in [6.45, 7) is 3.54. The number of carbonyl (C=O) groups is 2. The number of halogens is 1. The van der Waals surface area contributed by atoms with E-state index in [4.69, 9.17) is 0 Å². The lowest BCUT2D eigenvalue weighted by molar-refractivity contribution is -0.113. The van der Waals surface area contributed by atoms with E-state index in [0.29, 0.717) is 24.0 Å². The topological polar surface area (TPSA) is 46.2 Å². The van der Waals surface area contributed by atoms with Crippen LogP contribution in [0.15, 0.2) is 47.7 Å². The third kappa shape index (κ3) is 5.29. The molecule has 19 heavy (non-hydrogen) atoms. The summed E-state index contributed by atoms with van der Waals surface area (Å²) in [6.07, 6.45) is 3.77. The van der Waals surface area contributed by atoms with Crippen molar-refractivity contribution in [2.45, 2.75) is 20.4 Å². The van der Waals surface area contributed by atoms with Gasteiger partial charge in [-0.2, -0.15) is 0 Å². The molecule has 0 aliphatic heterocycles. The molecule has 0 radical (unpaired) electrons. The lowest BCUT2D eigenvalue weighted by atomic mass is 10.1. The Hall–Kier alpha value is -2.23. The van der Waals surface area contributed by atoms with E-state index >= 15 is 0 Å². The molecule has 1 rings (SSSR count). The molecule has 0 fully saturated rings. The second-order valence-corrected chi connectivity index (χ2v) is 4.17. The number of nitrogens with one attached hydrogen (secondary N) is 1. The lowest BCUT2D eigenvalue weighted by Crippen LogP contribution is -2.08. The van der Waals surface area contributed by atoms with Crippen molar-refractivity contribution in [1.29, 1.82) is 0 Å². The molecule has 4 heteroatoms. The van der Waals surface area contributed by atoms with E-state index in [0.717, 1.165) is 5.56 Å². The maximum atomic E-state index is 12.7. The van der Waals surface area contributed by atoms with Crippen molar-refractivity contribution in [3.8, 4) is 0 Å². The molecule has 0 bridgehead atoms. The van der Waals surface area contributed by atoms with Crippen molar-refractivity contribution in [1.82, 2.24) is 5.32 Å². The average Bonchev–Trinajstić information content (AvgIpc) is 2.39. The van der Waals surface area contributed by atoms with Gasteiger partial charge in [0.2, 0.25) is 0 Å². The van der Waals surface area contributed by atoms with Crippen LogP contribution in [0.25, 0.3) is 0 Å². The van der Waals surface area contributed by atoms with Crippen molar-refractivity contribution < 1.29 is 14.0 Å². The van der Waals surface area contributed by atoms with E-state index in [1.807, 2.05) is 0 Å². The average molecular weight is 261 g/mol. The van der Waals surface area contributed by atoms with Gasteiger partial charge in [-0.05, 0) is 43.2 Å². The van der Waals surface area contributed by atoms with Gasteiger partial charge in [-0.25, -0.2) is 4.39 Å². The molecular weight excluding hydrogens is 245 g/mol. The molecule has 3 nitrogen and oxygen atoms in total. The van der Waals surface area contributed by atoms with Crippen molar-refractivity contribution in [2.75, 3.05) is 0 Å². The predicted molar refractivity (Wildman–Crippen MR) is 71.8 cm³/mol. The molecule has 1 N–H and O–H groups in total. The smallest absolute Gasteiger partial charge is 0.161 e. The first-order valence-electron chi connectivity index (χ1n) is 5.85. The van der Waals surface area contributed by atoms with Crippen LogP contribution >= 0.6 is 0 Å². The van der Waals surface area contributed by atoms with E-state index in [1.54, 1.807) is 25.3 Å². The first kappa shape index (κ1) is 14.8. The molecule has 1 aromatic carbocycles. The molecule has 0 amide bonds. The number of allylic oxidation sites excluding steroid dienone is 3. The fourth-order valence-electron chi connectivity index (χ4n) is 1.41. The number of rotatable bonds is 6. The summed E-state index contributed by atoms with van der Waals surface area (Å²) >= 11 is 0. The molecule has 0 saturated carbocycles. The number of benzene rings is 1. The zero-order valence-corrected chi connectivity index (χ0v) is 10.9. The fraction of sp³-hybridized carbons (Fsp3) is 0.200. The van der Waals surface area contributed by atoms with Gasteiger partial charge in [0.25, 0.3) is 0 Å². The number of ketones is 1. The van der Waals surface area contributed by atoms with Gasteiger partial charge in [0.1, 0.15) is 12.1 Å². The van der Waals surface area contributed by atoms with Crippen LogP contribution in [0.2, 0.25) is 0 Å². The van der Waals surface area contributed by atoms with Gasteiger partial charge in [-0.1, -0.05) is 12.1 Å². The second kappa shape index (κ2) is 7.26. The maximum absolute atomic E-state index is 12.7. The molecule has 0 spiro atoms. The summed E-state index contributed by atoms with van der Waals surface area (Å²) in [5.74, 6) is -0.416. The Morgan fingerprint density at radius 2 is 1.89 bits per heavy atom. The lowest BCUT2D eigenvalue weighted by Gasteiger charge is -2.03. The Morgan fingerprint density at radius 1 is 1.26 bits per heavy atom. The molecule has 1 aromatic rings. The van der Waals surface area contributed by atoms with Gasteiger partial charge in [-0.15, -0.1) is 0 Å². The fourth-order valence-corrected chi connectivity index (χ4v) is 1.41. The molecular formula is C15H16FNO2. The van der Waals surface area contributed by atoms with Gasteiger partial charge in [0, 0.05) is 18.3 Å². The largest absolute Gasteiger partial charge is 0.386 e. The van der Waals surface area contributed by atoms with Gasteiger partial charge < -0.3 is 5.32 Å². The van der Waals surface area contributed by atoms with E-state index < -0.39 is 0 Å². The summed E-state index contributed by atoms with van der Waals surface area (Å²) < 4.78 is 12.7. The minimum Gasteiger partial charge on any atom is -0.386 e. The minimum absolute atomic E-state index is 0.132. The predicted octanol–water partition coefficient (Wildman–Crippen LogP) is 2.53. The molecule has 0 unspecified atom stereocenters. The number of hydrogen-bond acceptors (Lipinski definition) is 3. The zero-order chi connectivity index (χ0) is 14.3. The van der Waals surface area contributed by atoms with Crippen LogP contribution in [0.4, 0.5) is 4.39 Å². The molecule has 0 aliphatic carbocycles. The summed E-state index contributed by atoms with van der Waals surface area (Å²) in [6, 6.07) is 6.08. The van der Waals surface area contributed by atoms with Crippen molar-refractivity contribution in [3.05, 3.63) is 59.1 Å². The highest BCUT2D eigenvalue weighted by atomic mass is 19.1. The Balaban J connectivity index is 2.69. The van der Waals surface area contributed by atoms with Crippen LogP contribution in [0, 0.1) is 5.82 Å². The number of hydrogen-bond donors (Lipinski definition) is 1. The van der Waals surface area contributed by atoms with Crippen LogP contribution in [-0.4, -0.2) is 12.1 Å². The molecule has 0 aromatic heterocycles. The van der Waals surface area contributed by atoms with Gasteiger partial charge in [0.15, 0.2) is 5.78 Å². The van der Waals surface area contributed by atoms with Crippen molar-refractivity contribution in [3.63, 3.8) is 0 Å². The number of aldehydes is 1. The zero-order valence-electron chi connectivity index (χ0n) is 10.9. The van der Waals surface area contributed by atoms with Crippen LogP contribution in [0.5, 0.6) is 0 Å². The third-order valence-electron chi connectivity index (χ3n) is 2.45. The summed E-state index contributed by atoms with van der Waals surface area (Å²) in [5, 5.41) is 2.97. The SMILES string of the molecule is CC(=O)C(C=C(C)C=O)=CNCc1ccc(F)cc1. The van der Waals surface area contributed by atoms with Crippen LogP contribution in [0.1, 0.15) is 19.4 Å². The molecule has 0 aliphatic rings. The Morgan fingerprint density at radius 3 is 2.42 bits per heavy atom. The molecule has 0 atom stereocenters. The standard InChI is InChI=1S/C15H16FNO2/c1-11(10-18)7-14(12(2)19)9-17-8-13-3-5-15(16)6-4-13/h3-7,9-10,17H,8H2,1-2H3. The first-order valence-corrected chi connectivity index (χ1v) is 5.85. The summed E-state index contributed by atoms with van der Waals surface area (Å²) in [7, 11) is 0. The maximum Gasteiger partial charge on any atom is 0.161 e.